The largest absolute Gasteiger partial charge is 0.444 e. The minimum absolute atomic E-state index is 0.184. The van der Waals surface area contributed by atoms with Crippen LogP contribution in [0, 0.1) is 5.41 Å². The van der Waals surface area contributed by atoms with Crippen LogP contribution in [0.25, 0.3) is 0 Å². The first kappa shape index (κ1) is 15.1. The summed E-state index contributed by atoms with van der Waals surface area (Å²) in [5.41, 5.74) is -0.105. The van der Waals surface area contributed by atoms with Crippen LogP contribution in [0.3, 0.4) is 0 Å². The molecule has 0 bridgehead atoms. The Morgan fingerprint density at radius 1 is 1.10 bits per heavy atom. The molecule has 0 aromatic carbocycles. The smallest absolute Gasteiger partial charge is 0.410 e. The van der Waals surface area contributed by atoms with Crippen molar-refractivity contribution in [2.45, 2.75) is 64.3 Å². The molecule has 5 nitrogen and oxygen atoms in total. The molecule has 5 heteroatoms. The maximum absolute atomic E-state index is 12.1. The van der Waals surface area contributed by atoms with E-state index in [1.807, 2.05) is 25.7 Å². The minimum atomic E-state index is -0.420. The molecule has 1 amide bonds. The van der Waals surface area contributed by atoms with E-state index in [4.69, 9.17) is 14.2 Å². The van der Waals surface area contributed by atoms with Gasteiger partial charge in [0.25, 0.3) is 0 Å². The van der Waals surface area contributed by atoms with E-state index in [9.17, 15) is 4.79 Å². The number of piperidine rings is 1. The lowest BCUT2D eigenvalue weighted by Crippen LogP contribution is -2.60. The summed E-state index contributed by atoms with van der Waals surface area (Å²) in [5.74, 6) is -0.299. The van der Waals surface area contributed by atoms with Crippen molar-refractivity contribution < 1.29 is 19.0 Å². The third-order valence-electron chi connectivity index (χ3n) is 4.78. The van der Waals surface area contributed by atoms with Crippen LogP contribution < -0.4 is 0 Å². The average molecular weight is 297 g/mol. The van der Waals surface area contributed by atoms with Gasteiger partial charge in [0, 0.05) is 25.9 Å². The van der Waals surface area contributed by atoms with Crippen LogP contribution in [0.1, 0.15) is 52.9 Å². The first-order valence-corrected chi connectivity index (χ1v) is 8.08. The zero-order chi connectivity index (χ0) is 15.1. The van der Waals surface area contributed by atoms with E-state index in [-0.39, 0.29) is 11.9 Å². The normalized spacial score (nSPS) is 27.5. The highest BCUT2D eigenvalue weighted by molar-refractivity contribution is 5.68. The Labute approximate surface area is 126 Å². The summed E-state index contributed by atoms with van der Waals surface area (Å²) < 4.78 is 17.1. The second-order valence-corrected chi connectivity index (χ2v) is 7.78. The van der Waals surface area contributed by atoms with Crippen molar-refractivity contribution in [3.8, 4) is 0 Å². The molecule has 1 saturated carbocycles. The van der Waals surface area contributed by atoms with Crippen LogP contribution in [0.2, 0.25) is 0 Å². The van der Waals surface area contributed by atoms with Gasteiger partial charge in [-0.2, -0.15) is 0 Å². The van der Waals surface area contributed by atoms with E-state index in [1.165, 1.54) is 0 Å². The van der Waals surface area contributed by atoms with Gasteiger partial charge in [0.2, 0.25) is 0 Å². The molecular formula is C16H27NO4. The van der Waals surface area contributed by atoms with Gasteiger partial charge in [-0.15, -0.1) is 0 Å². The van der Waals surface area contributed by atoms with Crippen molar-refractivity contribution in [3.63, 3.8) is 0 Å². The summed E-state index contributed by atoms with van der Waals surface area (Å²) in [5, 5.41) is 0. The lowest BCUT2D eigenvalue weighted by molar-refractivity contribution is -0.344. The topological polar surface area (TPSA) is 48.0 Å². The number of rotatable bonds is 0. The van der Waals surface area contributed by atoms with E-state index >= 15 is 0 Å². The number of amides is 1. The molecule has 0 aromatic heterocycles. The van der Waals surface area contributed by atoms with Gasteiger partial charge in [-0.25, -0.2) is 4.79 Å². The number of ether oxygens (including phenoxy) is 3. The number of hydrogen-bond donors (Lipinski definition) is 0. The molecule has 21 heavy (non-hydrogen) atoms. The minimum Gasteiger partial charge on any atom is -0.444 e. The summed E-state index contributed by atoms with van der Waals surface area (Å²) in [6, 6.07) is 0. The van der Waals surface area contributed by atoms with Crippen LogP contribution in [-0.2, 0) is 14.2 Å². The number of carbonyl (C=O) groups is 1. The van der Waals surface area contributed by atoms with Crippen LogP contribution in [0.5, 0.6) is 0 Å². The summed E-state index contributed by atoms with van der Waals surface area (Å²) >= 11 is 0. The van der Waals surface area contributed by atoms with E-state index in [1.54, 1.807) is 0 Å². The molecular weight excluding hydrogens is 270 g/mol. The maximum Gasteiger partial charge on any atom is 0.410 e. The molecule has 3 rings (SSSR count). The van der Waals surface area contributed by atoms with Gasteiger partial charge in [-0.05, 0) is 45.4 Å². The molecule has 0 N–H and O–H groups in total. The molecule has 2 heterocycles. The molecule has 2 aliphatic heterocycles. The van der Waals surface area contributed by atoms with Crippen molar-refractivity contribution in [1.82, 2.24) is 4.90 Å². The first-order chi connectivity index (χ1) is 9.82. The lowest BCUT2D eigenvalue weighted by Gasteiger charge is -2.58. The molecule has 3 aliphatic rings. The zero-order valence-electron chi connectivity index (χ0n) is 13.4. The van der Waals surface area contributed by atoms with Crippen LogP contribution >= 0.6 is 0 Å². The molecule has 120 valence electrons. The third kappa shape index (κ3) is 3.19. The van der Waals surface area contributed by atoms with E-state index in [0.29, 0.717) is 5.41 Å². The summed E-state index contributed by atoms with van der Waals surface area (Å²) in [7, 11) is 0. The third-order valence-corrected chi connectivity index (χ3v) is 4.78. The average Bonchev–Trinajstić information content (AvgIpc) is 2.37. The highest BCUT2D eigenvalue weighted by Crippen LogP contribution is 2.57. The first-order valence-electron chi connectivity index (χ1n) is 8.08. The standard InChI is InChI=1S/C16H27NO4/c1-14(2,3)21-13(18)17-7-5-15(6-8-17)11-16(12-15)19-9-4-10-20-16/h4-12H2,1-3H3. The Hall–Kier alpha value is -0.810. The quantitative estimate of drug-likeness (QED) is 0.690. The molecule has 0 aromatic rings. The Bertz CT molecular complexity index is 391. The van der Waals surface area contributed by atoms with E-state index in [2.05, 4.69) is 0 Å². The van der Waals surface area contributed by atoms with Gasteiger partial charge >= 0.3 is 6.09 Å². The highest BCUT2D eigenvalue weighted by Gasteiger charge is 2.58. The fraction of sp³-hybridized carbons (Fsp3) is 0.938. The van der Waals surface area contributed by atoms with Gasteiger partial charge in [-0.1, -0.05) is 0 Å². The number of likely N-dealkylation sites (tertiary alicyclic amines) is 1. The molecule has 2 saturated heterocycles. The van der Waals surface area contributed by atoms with Gasteiger partial charge in [-0.3, -0.25) is 0 Å². The molecule has 0 atom stereocenters. The number of carbonyl (C=O) groups excluding carboxylic acids is 1. The van der Waals surface area contributed by atoms with Crippen LogP contribution in [0.4, 0.5) is 4.79 Å². The monoisotopic (exact) mass is 297 g/mol. The highest BCUT2D eigenvalue weighted by atomic mass is 16.7. The lowest BCUT2D eigenvalue weighted by atomic mass is 9.59. The molecule has 3 fully saturated rings. The molecule has 0 unspecified atom stereocenters. The maximum atomic E-state index is 12.1. The van der Waals surface area contributed by atoms with Crippen LogP contribution in [-0.4, -0.2) is 48.7 Å². The van der Waals surface area contributed by atoms with Crippen molar-refractivity contribution in [2.75, 3.05) is 26.3 Å². The van der Waals surface area contributed by atoms with Crippen LogP contribution in [0.15, 0.2) is 0 Å². The molecule has 0 radical (unpaired) electrons. The van der Waals surface area contributed by atoms with Gasteiger partial charge in [0.1, 0.15) is 5.60 Å². The number of hydrogen-bond acceptors (Lipinski definition) is 4. The van der Waals surface area contributed by atoms with Crippen molar-refractivity contribution >= 4 is 6.09 Å². The predicted octanol–water partition coefficient (Wildman–Crippen LogP) is 2.93. The van der Waals surface area contributed by atoms with Crippen molar-refractivity contribution in [1.29, 1.82) is 0 Å². The predicted molar refractivity (Wildman–Crippen MR) is 78.0 cm³/mol. The SMILES string of the molecule is CC(C)(C)OC(=O)N1CCC2(CC1)CC1(C2)OCCCO1. The molecule has 1 aliphatic carbocycles. The van der Waals surface area contributed by atoms with E-state index in [0.717, 1.165) is 58.4 Å². The van der Waals surface area contributed by atoms with Gasteiger partial charge in [0.15, 0.2) is 5.79 Å². The second kappa shape index (κ2) is 5.13. The summed E-state index contributed by atoms with van der Waals surface area (Å²) in [6.45, 7) is 8.92. The Kier molecular flexibility index (Phi) is 3.69. The zero-order valence-corrected chi connectivity index (χ0v) is 13.4. The second-order valence-electron chi connectivity index (χ2n) is 7.78. The summed E-state index contributed by atoms with van der Waals surface area (Å²) in [4.78, 5) is 13.9. The van der Waals surface area contributed by atoms with Crippen molar-refractivity contribution in [3.05, 3.63) is 0 Å². The molecule has 2 spiro atoms. The number of nitrogens with zero attached hydrogens (tertiary/aromatic N) is 1. The Morgan fingerprint density at radius 3 is 2.19 bits per heavy atom. The van der Waals surface area contributed by atoms with Gasteiger partial charge in [0.05, 0.1) is 13.2 Å². The van der Waals surface area contributed by atoms with Crippen molar-refractivity contribution in [2.24, 2.45) is 5.41 Å². The van der Waals surface area contributed by atoms with E-state index < -0.39 is 5.60 Å². The Morgan fingerprint density at radius 2 is 1.67 bits per heavy atom. The summed E-state index contributed by atoms with van der Waals surface area (Å²) in [6.07, 6.45) is 4.85. The fourth-order valence-corrected chi connectivity index (χ4v) is 3.76. The van der Waals surface area contributed by atoms with Gasteiger partial charge < -0.3 is 19.1 Å². The Balaban J connectivity index is 1.49. The fourth-order valence-electron chi connectivity index (χ4n) is 3.76.